The molecule has 28 heavy (non-hydrogen) atoms. The molecule has 148 valence electrons. The molecule has 5 heteroatoms. The standard InChI is InChI=1S/C23H30N4O/c1-14(2)21-19-13-17(23(28)24-9-10-27(5)6)7-8-20(19)26-22(21)18-11-15(3)25-16(4)12-18/h7-8,11-14,26H,9-10H2,1-6H3,(H,24,28). The van der Waals surface area contributed by atoms with Gasteiger partial charge in [0.25, 0.3) is 5.91 Å². The number of aromatic nitrogens is 2. The number of likely N-dealkylation sites (N-methyl/N-ethyl adjacent to an activating group) is 1. The lowest BCUT2D eigenvalue weighted by molar-refractivity contribution is 0.0951. The molecule has 2 heterocycles. The van der Waals surface area contributed by atoms with Gasteiger partial charge in [0.2, 0.25) is 0 Å². The van der Waals surface area contributed by atoms with Crippen LogP contribution in [0.2, 0.25) is 0 Å². The smallest absolute Gasteiger partial charge is 0.251 e. The van der Waals surface area contributed by atoms with Crippen LogP contribution in [0.15, 0.2) is 30.3 Å². The van der Waals surface area contributed by atoms with E-state index in [4.69, 9.17) is 0 Å². The van der Waals surface area contributed by atoms with Crippen LogP contribution in [0.25, 0.3) is 22.2 Å². The number of pyridine rings is 1. The number of aromatic amines is 1. The monoisotopic (exact) mass is 378 g/mol. The third-order valence-corrected chi connectivity index (χ3v) is 4.89. The van der Waals surface area contributed by atoms with Crippen LogP contribution in [-0.2, 0) is 0 Å². The number of hydrogen-bond donors (Lipinski definition) is 2. The predicted molar refractivity (Wildman–Crippen MR) is 116 cm³/mol. The molecule has 3 aromatic rings. The van der Waals surface area contributed by atoms with Crippen LogP contribution in [0, 0.1) is 13.8 Å². The molecule has 0 atom stereocenters. The summed E-state index contributed by atoms with van der Waals surface area (Å²) >= 11 is 0. The summed E-state index contributed by atoms with van der Waals surface area (Å²) in [6, 6.07) is 10.1. The van der Waals surface area contributed by atoms with E-state index in [1.54, 1.807) is 0 Å². The van der Waals surface area contributed by atoms with Crippen molar-refractivity contribution in [2.24, 2.45) is 0 Å². The Labute approximate surface area is 167 Å². The summed E-state index contributed by atoms with van der Waals surface area (Å²) in [7, 11) is 3.99. The molecule has 0 saturated carbocycles. The highest BCUT2D eigenvalue weighted by Crippen LogP contribution is 2.36. The summed E-state index contributed by atoms with van der Waals surface area (Å²) in [6.45, 7) is 9.87. The second-order valence-electron chi connectivity index (χ2n) is 8.03. The third-order valence-electron chi connectivity index (χ3n) is 4.89. The molecule has 0 aliphatic heterocycles. The Hall–Kier alpha value is -2.66. The predicted octanol–water partition coefficient (Wildman–Crippen LogP) is 4.26. The molecule has 0 bridgehead atoms. The highest BCUT2D eigenvalue weighted by molar-refractivity contribution is 6.00. The minimum absolute atomic E-state index is 0.0307. The lowest BCUT2D eigenvalue weighted by Crippen LogP contribution is -2.31. The fourth-order valence-corrected chi connectivity index (χ4v) is 3.66. The van der Waals surface area contributed by atoms with Crippen LogP contribution in [-0.4, -0.2) is 48.0 Å². The molecular formula is C23H30N4O. The molecule has 0 aliphatic carbocycles. The van der Waals surface area contributed by atoms with Crippen LogP contribution in [0.4, 0.5) is 0 Å². The van der Waals surface area contributed by atoms with Gasteiger partial charge < -0.3 is 15.2 Å². The molecule has 5 nitrogen and oxygen atoms in total. The van der Waals surface area contributed by atoms with Gasteiger partial charge >= 0.3 is 0 Å². The molecule has 0 aliphatic rings. The van der Waals surface area contributed by atoms with Gasteiger partial charge in [-0.1, -0.05) is 13.8 Å². The first-order valence-corrected chi connectivity index (χ1v) is 9.80. The maximum atomic E-state index is 12.6. The van der Waals surface area contributed by atoms with Gasteiger partial charge in [-0.05, 0) is 69.8 Å². The molecule has 3 rings (SSSR count). The maximum absolute atomic E-state index is 12.6. The minimum atomic E-state index is -0.0307. The van der Waals surface area contributed by atoms with Crippen LogP contribution in [0.3, 0.4) is 0 Å². The van der Waals surface area contributed by atoms with Gasteiger partial charge in [0.15, 0.2) is 0 Å². The van der Waals surface area contributed by atoms with Crippen LogP contribution >= 0.6 is 0 Å². The SMILES string of the molecule is Cc1cc(-c2[nH]c3ccc(C(=O)NCCN(C)C)cc3c2C(C)C)cc(C)n1. The molecule has 1 aromatic carbocycles. The van der Waals surface area contributed by atoms with Gasteiger partial charge in [0.05, 0.1) is 5.69 Å². The zero-order valence-corrected chi connectivity index (χ0v) is 17.7. The fourth-order valence-electron chi connectivity index (χ4n) is 3.66. The van der Waals surface area contributed by atoms with E-state index in [1.165, 1.54) is 5.56 Å². The molecule has 0 spiro atoms. The largest absolute Gasteiger partial charge is 0.354 e. The van der Waals surface area contributed by atoms with E-state index in [9.17, 15) is 4.79 Å². The number of benzene rings is 1. The van der Waals surface area contributed by atoms with E-state index in [1.807, 2.05) is 46.1 Å². The van der Waals surface area contributed by atoms with Gasteiger partial charge in [0, 0.05) is 46.5 Å². The first kappa shape index (κ1) is 20.1. The van der Waals surface area contributed by atoms with Crippen molar-refractivity contribution >= 4 is 16.8 Å². The molecule has 1 amide bonds. The van der Waals surface area contributed by atoms with E-state index >= 15 is 0 Å². The Bertz CT molecular complexity index is 981. The van der Waals surface area contributed by atoms with Gasteiger partial charge in [-0.3, -0.25) is 9.78 Å². The molecule has 0 saturated heterocycles. The van der Waals surface area contributed by atoms with Crippen molar-refractivity contribution < 1.29 is 4.79 Å². The topological polar surface area (TPSA) is 61.0 Å². The van der Waals surface area contributed by atoms with Crippen LogP contribution in [0.5, 0.6) is 0 Å². The number of carbonyl (C=O) groups excluding carboxylic acids is 1. The number of rotatable bonds is 6. The van der Waals surface area contributed by atoms with E-state index in [2.05, 4.69) is 46.2 Å². The lowest BCUT2D eigenvalue weighted by atomic mass is 9.95. The summed E-state index contributed by atoms with van der Waals surface area (Å²) in [5.74, 6) is 0.293. The maximum Gasteiger partial charge on any atom is 0.251 e. The van der Waals surface area contributed by atoms with Crippen molar-refractivity contribution in [3.8, 4) is 11.3 Å². The number of fused-ring (bicyclic) bond motifs is 1. The molecule has 2 aromatic heterocycles. The van der Waals surface area contributed by atoms with E-state index in [-0.39, 0.29) is 5.91 Å². The van der Waals surface area contributed by atoms with Gasteiger partial charge in [-0.2, -0.15) is 0 Å². The van der Waals surface area contributed by atoms with Crippen LogP contribution in [0.1, 0.15) is 47.1 Å². The number of H-pyrrole nitrogens is 1. The minimum Gasteiger partial charge on any atom is -0.354 e. The summed E-state index contributed by atoms with van der Waals surface area (Å²) in [4.78, 5) is 22.7. The van der Waals surface area contributed by atoms with E-state index in [0.29, 0.717) is 18.0 Å². The Morgan fingerprint density at radius 3 is 2.43 bits per heavy atom. The Morgan fingerprint density at radius 2 is 1.82 bits per heavy atom. The molecule has 0 radical (unpaired) electrons. The Balaban J connectivity index is 2.03. The van der Waals surface area contributed by atoms with Crippen molar-refractivity contribution in [3.05, 3.63) is 52.8 Å². The van der Waals surface area contributed by atoms with Crippen molar-refractivity contribution in [2.75, 3.05) is 27.2 Å². The van der Waals surface area contributed by atoms with Crippen molar-refractivity contribution in [1.82, 2.24) is 20.2 Å². The van der Waals surface area contributed by atoms with Crippen molar-refractivity contribution in [1.29, 1.82) is 0 Å². The second-order valence-corrected chi connectivity index (χ2v) is 8.03. The molecule has 2 N–H and O–H groups in total. The number of amides is 1. The van der Waals surface area contributed by atoms with Gasteiger partial charge in [0.1, 0.15) is 0 Å². The Morgan fingerprint density at radius 1 is 1.14 bits per heavy atom. The van der Waals surface area contributed by atoms with Gasteiger partial charge in [-0.25, -0.2) is 0 Å². The average molecular weight is 379 g/mol. The molecule has 0 unspecified atom stereocenters. The van der Waals surface area contributed by atoms with E-state index < -0.39 is 0 Å². The highest BCUT2D eigenvalue weighted by atomic mass is 16.1. The number of nitrogens with one attached hydrogen (secondary N) is 2. The summed E-state index contributed by atoms with van der Waals surface area (Å²) in [5, 5.41) is 4.11. The van der Waals surface area contributed by atoms with Crippen molar-refractivity contribution in [3.63, 3.8) is 0 Å². The first-order valence-electron chi connectivity index (χ1n) is 9.80. The third kappa shape index (κ3) is 4.25. The average Bonchev–Trinajstić information content (AvgIpc) is 2.99. The quantitative estimate of drug-likeness (QED) is 0.674. The van der Waals surface area contributed by atoms with Crippen LogP contribution < -0.4 is 5.32 Å². The van der Waals surface area contributed by atoms with Gasteiger partial charge in [-0.15, -0.1) is 0 Å². The molecular weight excluding hydrogens is 348 g/mol. The first-order chi connectivity index (χ1) is 13.3. The highest BCUT2D eigenvalue weighted by Gasteiger charge is 2.18. The summed E-state index contributed by atoms with van der Waals surface area (Å²) in [6.07, 6.45) is 0. The van der Waals surface area contributed by atoms with E-state index in [0.717, 1.165) is 40.1 Å². The zero-order valence-electron chi connectivity index (χ0n) is 17.7. The summed E-state index contributed by atoms with van der Waals surface area (Å²) < 4.78 is 0. The zero-order chi connectivity index (χ0) is 20.4. The fraction of sp³-hybridized carbons (Fsp3) is 0.391. The normalized spacial score (nSPS) is 11.6. The number of carbonyl (C=O) groups is 1. The number of aryl methyl sites for hydroxylation is 2. The van der Waals surface area contributed by atoms with Crippen molar-refractivity contribution in [2.45, 2.75) is 33.6 Å². The molecule has 0 fully saturated rings. The lowest BCUT2D eigenvalue weighted by Gasteiger charge is -2.11. The number of nitrogens with zero attached hydrogens (tertiary/aromatic N) is 2. The Kier molecular flexibility index (Phi) is 5.84. The summed E-state index contributed by atoms with van der Waals surface area (Å²) in [5.41, 5.74) is 7.25. The second kappa shape index (κ2) is 8.15. The number of hydrogen-bond acceptors (Lipinski definition) is 3.